The van der Waals surface area contributed by atoms with Crippen LogP contribution in [0.4, 0.5) is 0 Å². The maximum atomic E-state index is 3.99. The Labute approximate surface area is 176 Å². The van der Waals surface area contributed by atoms with Crippen LogP contribution in [0.25, 0.3) is 9.75 Å². The van der Waals surface area contributed by atoms with Crippen LogP contribution in [0.1, 0.15) is 29.5 Å². The molecule has 4 heteroatoms. The molecule has 3 saturated heterocycles. The second-order valence-electron chi connectivity index (χ2n) is 8.23. The maximum absolute atomic E-state index is 3.99. The maximum Gasteiger partial charge on any atom is 0.0475 e. The van der Waals surface area contributed by atoms with Crippen LogP contribution in [-0.2, 0) is 13.0 Å². The largest absolute Gasteiger partial charge is 0.308 e. The summed E-state index contributed by atoms with van der Waals surface area (Å²) in [5.74, 6) is 0.822. The number of nitrogens with one attached hydrogen (secondary N) is 1. The molecule has 2 aromatic heterocycles. The van der Waals surface area contributed by atoms with Gasteiger partial charge in [-0.25, -0.2) is 0 Å². The van der Waals surface area contributed by atoms with Gasteiger partial charge in [-0.3, -0.25) is 4.90 Å². The molecule has 3 fully saturated rings. The van der Waals surface area contributed by atoms with Gasteiger partial charge in [-0.15, -0.1) is 22.7 Å². The molecule has 0 amide bonds. The molecule has 1 aromatic carbocycles. The highest BCUT2D eigenvalue weighted by molar-refractivity contribution is 7.20. The number of thiophene rings is 2. The summed E-state index contributed by atoms with van der Waals surface area (Å²) in [6.45, 7) is 5.76. The molecule has 3 aliphatic rings. The third-order valence-electron chi connectivity index (χ3n) is 6.68. The van der Waals surface area contributed by atoms with E-state index in [1.54, 1.807) is 0 Å². The highest BCUT2D eigenvalue weighted by Gasteiger charge is 2.42. The molecule has 3 aliphatic heterocycles. The van der Waals surface area contributed by atoms with Crippen LogP contribution in [0.5, 0.6) is 0 Å². The Morgan fingerprint density at radius 1 is 0.964 bits per heavy atom. The number of fused-ring (bicyclic) bond motifs is 3. The van der Waals surface area contributed by atoms with Crippen molar-refractivity contribution in [3.05, 3.63) is 69.9 Å². The van der Waals surface area contributed by atoms with Crippen molar-refractivity contribution in [3.63, 3.8) is 0 Å². The smallest absolute Gasteiger partial charge is 0.0475 e. The van der Waals surface area contributed by atoms with E-state index in [2.05, 4.69) is 70.4 Å². The molecule has 0 aliphatic carbocycles. The monoisotopic (exact) mass is 408 g/mol. The van der Waals surface area contributed by atoms with E-state index >= 15 is 0 Å². The number of hydrogen-bond acceptors (Lipinski definition) is 4. The lowest BCUT2D eigenvalue weighted by Gasteiger charge is -2.51. The Kier molecular flexibility index (Phi) is 5.38. The molecule has 2 unspecified atom stereocenters. The first-order valence-corrected chi connectivity index (χ1v) is 12.2. The molecule has 2 bridgehead atoms. The lowest BCUT2D eigenvalue weighted by molar-refractivity contribution is 0.0128. The van der Waals surface area contributed by atoms with Gasteiger partial charge in [0.15, 0.2) is 0 Å². The molecule has 28 heavy (non-hydrogen) atoms. The number of piperidine rings is 3. The summed E-state index contributed by atoms with van der Waals surface area (Å²) in [6, 6.07) is 16.8. The minimum Gasteiger partial charge on any atom is -0.308 e. The zero-order valence-electron chi connectivity index (χ0n) is 16.4. The van der Waals surface area contributed by atoms with Crippen molar-refractivity contribution in [2.45, 2.75) is 44.8 Å². The topological polar surface area (TPSA) is 15.3 Å². The summed E-state index contributed by atoms with van der Waals surface area (Å²) in [5.41, 5.74) is 4.37. The Morgan fingerprint density at radius 3 is 2.61 bits per heavy atom. The van der Waals surface area contributed by atoms with Gasteiger partial charge in [0.05, 0.1) is 0 Å². The first-order chi connectivity index (χ1) is 13.8. The molecule has 2 atom stereocenters. The average Bonchev–Trinajstić information content (AvgIpc) is 3.40. The third-order valence-corrected chi connectivity index (χ3v) is 8.68. The highest BCUT2D eigenvalue weighted by Crippen LogP contribution is 2.38. The van der Waals surface area contributed by atoms with Crippen LogP contribution in [0, 0.1) is 12.8 Å². The second-order valence-corrected chi connectivity index (χ2v) is 10.1. The summed E-state index contributed by atoms with van der Waals surface area (Å²) < 4.78 is 0. The van der Waals surface area contributed by atoms with Gasteiger partial charge in [0.2, 0.25) is 0 Å². The fraction of sp³-hybridized carbons (Fsp3) is 0.417. The summed E-state index contributed by atoms with van der Waals surface area (Å²) >= 11 is 3.76. The molecule has 1 N–H and O–H groups in total. The van der Waals surface area contributed by atoms with E-state index in [0.29, 0.717) is 12.1 Å². The second kappa shape index (κ2) is 8.11. The quantitative estimate of drug-likeness (QED) is 0.573. The van der Waals surface area contributed by atoms with Gasteiger partial charge in [0, 0.05) is 28.4 Å². The van der Waals surface area contributed by atoms with Crippen molar-refractivity contribution in [1.29, 1.82) is 0 Å². The molecule has 6 rings (SSSR count). The number of rotatable bonds is 6. The van der Waals surface area contributed by atoms with E-state index in [-0.39, 0.29) is 0 Å². The Morgan fingerprint density at radius 2 is 1.82 bits per heavy atom. The first-order valence-electron chi connectivity index (χ1n) is 10.4. The zero-order chi connectivity index (χ0) is 18.9. The Hall–Kier alpha value is -1.46. The highest BCUT2D eigenvalue weighted by atomic mass is 32.1. The van der Waals surface area contributed by atoms with E-state index in [1.807, 2.05) is 22.7 Å². The molecule has 0 spiro atoms. The van der Waals surface area contributed by atoms with Crippen molar-refractivity contribution in [1.82, 2.24) is 10.2 Å². The van der Waals surface area contributed by atoms with Crippen LogP contribution < -0.4 is 5.32 Å². The molecule has 0 radical (unpaired) electrons. The SMILES string of the molecule is Cc1ccccc1CNC1C2CCN(CC2)C1Cc1ccsc1-c1cccs1. The van der Waals surface area contributed by atoms with Crippen LogP contribution in [0.3, 0.4) is 0 Å². The number of hydrogen-bond donors (Lipinski definition) is 1. The first kappa shape index (κ1) is 18.6. The predicted molar refractivity (Wildman–Crippen MR) is 121 cm³/mol. The number of benzene rings is 1. The van der Waals surface area contributed by atoms with E-state index < -0.39 is 0 Å². The number of nitrogens with zero attached hydrogens (tertiary/aromatic N) is 1. The lowest BCUT2D eigenvalue weighted by atomic mass is 9.76. The average molecular weight is 409 g/mol. The number of aryl methyl sites for hydroxylation is 1. The van der Waals surface area contributed by atoms with Crippen molar-refractivity contribution >= 4 is 22.7 Å². The Bertz CT molecular complexity index is 906. The molecule has 3 aromatic rings. The lowest BCUT2D eigenvalue weighted by Crippen LogP contribution is -2.63. The molecule has 2 nitrogen and oxygen atoms in total. The van der Waals surface area contributed by atoms with E-state index in [0.717, 1.165) is 12.5 Å². The zero-order valence-corrected chi connectivity index (χ0v) is 18.1. The fourth-order valence-corrected chi connectivity index (χ4v) is 6.94. The molecule has 5 heterocycles. The molecular formula is C24H28N2S2. The van der Waals surface area contributed by atoms with Gasteiger partial charge in [0.1, 0.15) is 0 Å². The van der Waals surface area contributed by atoms with Crippen LogP contribution >= 0.6 is 22.7 Å². The normalized spacial score (nSPS) is 26.6. The van der Waals surface area contributed by atoms with Crippen molar-refractivity contribution in [2.75, 3.05) is 13.1 Å². The third kappa shape index (κ3) is 3.59. The summed E-state index contributed by atoms with van der Waals surface area (Å²) in [7, 11) is 0. The van der Waals surface area contributed by atoms with Gasteiger partial charge in [-0.2, -0.15) is 0 Å². The minimum absolute atomic E-state index is 0.596. The fourth-order valence-electron chi connectivity index (χ4n) is 5.09. The van der Waals surface area contributed by atoms with Crippen molar-refractivity contribution in [3.8, 4) is 9.75 Å². The summed E-state index contributed by atoms with van der Waals surface area (Å²) in [5, 5.41) is 8.46. The molecule has 0 saturated carbocycles. The van der Waals surface area contributed by atoms with Crippen molar-refractivity contribution in [2.24, 2.45) is 5.92 Å². The van der Waals surface area contributed by atoms with Gasteiger partial charge in [0.25, 0.3) is 0 Å². The van der Waals surface area contributed by atoms with E-state index in [1.165, 1.54) is 58.8 Å². The standard InChI is InChI=1S/C24H28N2S2/c1-17-5-2-3-6-20(17)16-25-23-18-8-11-26(12-9-18)21(23)15-19-10-14-28-24(19)22-7-4-13-27-22/h2-7,10,13-14,18,21,23,25H,8-9,11-12,15-16H2,1H3. The van der Waals surface area contributed by atoms with E-state index in [4.69, 9.17) is 0 Å². The minimum atomic E-state index is 0.596. The Balaban J connectivity index is 1.36. The molecule has 146 valence electrons. The van der Waals surface area contributed by atoms with Gasteiger partial charge >= 0.3 is 0 Å². The predicted octanol–water partition coefficient (Wildman–Crippen LogP) is 5.58. The van der Waals surface area contributed by atoms with Gasteiger partial charge in [-0.05, 0) is 84.8 Å². The molecular weight excluding hydrogens is 380 g/mol. The van der Waals surface area contributed by atoms with Crippen LogP contribution in [-0.4, -0.2) is 30.1 Å². The van der Waals surface area contributed by atoms with Gasteiger partial charge in [-0.1, -0.05) is 30.3 Å². The van der Waals surface area contributed by atoms with E-state index in [9.17, 15) is 0 Å². The van der Waals surface area contributed by atoms with Crippen LogP contribution in [0.2, 0.25) is 0 Å². The van der Waals surface area contributed by atoms with Crippen LogP contribution in [0.15, 0.2) is 53.2 Å². The van der Waals surface area contributed by atoms with Gasteiger partial charge < -0.3 is 5.32 Å². The summed E-state index contributed by atoms with van der Waals surface area (Å²) in [4.78, 5) is 5.66. The summed E-state index contributed by atoms with van der Waals surface area (Å²) in [6.07, 6.45) is 3.87. The van der Waals surface area contributed by atoms with Crippen molar-refractivity contribution < 1.29 is 0 Å².